The molecule has 6 heteroatoms. The highest BCUT2D eigenvalue weighted by molar-refractivity contribution is 7.71. The molecule has 0 saturated heterocycles. The van der Waals surface area contributed by atoms with Crippen molar-refractivity contribution < 1.29 is 4.74 Å². The summed E-state index contributed by atoms with van der Waals surface area (Å²) in [4.78, 5) is 4.56. The highest BCUT2D eigenvalue weighted by atomic mass is 35.5. The van der Waals surface area contributed by atoms with Crippen LogP contribution >= 0.6 is 23.8 Å². The van der Waals surface area contributed by atoms with Crippen LogP contribution in [0.5, 0.6) is 11.5 Å². The minimum Gasteiger partial charge on any atom is -0.457 e. The molecular weight excluding hydrogens is 378 g/mol. The number of nitrogens with zero attached hydrogens (tertiary/aromatic N) is 3. The first kappa shape index (κ1) is 17.5. The summed E-state index contributed by atoms with van der Waals surface area (Å²) in [7, 11) is 1.92. The van der Waals surface area contributed by atoms with E-state index in [9.17, 15) is 0 Å². The summed E-state index contributed by atoms with van der Waals surface area (Å²) in [5, 5.41) is 0.652. The minimum absolute atomic E-state index is 0.472. The lowest BCUT2D eigenvalue weighted by Crippen LogP contribution is -2.07. The number of rotatable bonds is 4. The Kier molecular flexibility index (Phi) is 4.79. The predicted molar refractivity (Wildman–Crippen MR) is 110 cm³/mol. The number of hydrogen-bond donors (Lipinski definition) is 0. The Labute approximate surface area is 167 Å². The van der Waals surface area contributed by atoms with Crippen LogP contribution in [0, 0.1) is 4.77 Å². The fourth-order valence-corrected chi connectivity index (χ4v) is 3.37. The monoisotopic (exact) mass is 393 g/mol. The largest absolute Gasteiger partial charge is 0.457 e. The molecule has 3 aromatic carbocycles. The zero-order chi connectivity index (χ0) is 18.8. The van der Waals surface area contributed by atoms with Gasteiger partial charge in [0.15, 0.2) is 5.82 Å². The maximum Gasteiger partial charge on any atom is 0.221 e. The second-order valence-corrected chi connectivity index (χ2v) is 6.77. The zero-order valence-corrected chi connectivity index (χ0v) is 16.1. The van der Waals surface area contributed by atoms with Gasteiger partial charge in [0, 0.05) is 17.6 Å². The van der Waals surface area contributed by atoms with Crippen molar-refractivity contribution >= 4 is 23.8 Å². The molecule has 4 nitrogen and oxygen atoms in total. The maximum atomic E-state index is 6.12. The van der Waals surface area contributed by atoms with Crippen LogP contribution < -0.4 is 4.74 Å². The molecule has 0 aliphatic rings. The van der Waals surface area contributed by atoms with Crippen molar-refractivity contribution in [2.45, 2.75) is 0 Å². The Morgan fingerprint density at radius 1 is 0.889 bits per heavy atom. The summed E-state index contributed by atoms with van der Waals surface area (Å²) >= 11 is 11.6. The van der Waals surface area contributed by atoms with E-state index >= 15 is 0 Å². The van der Waals surface area contributed by atoms with Crippen LogP contribution in [0.15, 0.2) is 78.9 Å². The second kappa shape index (κ2) is 7.39. The van der Waals surface area contributed by atoms with Gasteiger partial charge in [-0.1, -0.05) is 35.9 Å². The van der Waals surface area contributed by atoms with Gasteiger partial charge in [0.25, 0.3) is 0 Å². The average molecular weight is 394 g/mol. The summed E-state index contributed by atoms with van der Waals surface area (Å²) in [6.45, 7) is 0. The van der Waals surface area contributed by atoms with E-state index in [1.54, 1.807) is 0 Å². The Bertz CT molecular complexity index is 1130. The molecular formula is C21H16ClN3OS. The fraction of sp³-hybridized carbons (Fsp3) is 0.0476. The van der Waals surface area contributed by atoms with E-state index in [0.29, 0.717) is 9.79 Å². The quantitative estimate of drug-likeness (QED) is 0.395. The van der Waals surface area contributed by atoms with Crippen molar-refractivity contribution in [3.05, 3.63) is 88.7 Å². The van der Waals surface area contributed by atoms with Crippen LogP contribution in [0.25, 0.3) is 17.1 Å². The molecule has 0 atom stereocenters. The van der Waals surface area contributed by atoms with E-state index in [1.807, 2.05) is 95.3 Å². The van der Waals surface area contributed by atoms with Gasteiger partial charge in [0.2, 0.25) is 4.77 Å². The van der Waals surface area contributed by atoms with Crippen LogP contribution in [-0.4, -0.2) is 14.3 Å². The lowest BCUT2D eigenvalue weighted by Gasteiger charge is -2.10. The third kappa shape index (κ3) is 3.65. The zero-order valence-electron chi connectivity index (χ0n) is 14.5. The Morgan fingerprint density at radius 2 is 1.59 bits per heavy atom. The van der Waals surface area contributed by atoms with Crippen molar-refractivity contribution in [3.8, 4) is 28.6 Å². The summed E-state index contributed by atoms with van der Waals surface area (Å²) in [5.41, 5.74) is 1.82. The third-order valence-corrected chi connectivity index (χ3v) is 4.63. The number of aromatic nitrogens is 3. The Hall–Kier alpha value is -2.89. The SMILES string of the molecule is Cn1c(-c2ccc(Oc3ccccc3)cc2)nc(=S)n1-c1cccc(Cl)c1. The van der Waals surface area contributed by atoms with Gasteiger partial charge in [0.05, 0.1) is 5.69 Å². The molecule has 134 valence electrons. The molecule has 4 rings (SSSR count). The van der Waals surface area contributed by atoms with Crippen molar-refractivity contribution in [1.82, 2.24) is 14.3 Å². The summed E-state index contributed by atoms with van der Waals surface area (Å²) < 4.78 is 10.1. The smallest absolute Gasteiger partial charge is 0.221 e. The standard InChI is InChI=1S/C21H16ClN3OS/c1-24-20(23-21(27)25(24)17-7-5-6-16(22)14-17)15-10-12-19(13-11-15)26-18-8-3-2-4-9-18/h2-14H,1H3. The second-order valence-electron chi connectivity index (χ2n) is 5.97. The molecule has 1 aromatic heterocycles. The van der Waals surface area contributed by atoms with Crippen molar-refractivity contribution in [1.29, 1.82) is 0 Å². The van der Waals surface area contributed by atoms with Gasteiger partial charge in [-0.15, -0.1) is 0 Å². The molecule has 0 N–H and O–H groups in total. The third-order valence-electron chi connectivity index (χ3n) is 4.13. The summed E-state index contributed by atoms with van der Waals surface area (Å²) in [6.07, 6.45) is 0. The van der Waals surface area contributed by atoms with Crippen molar-refractivity contribution in [2.24, 2.45) is 7.05 Å². The normalized spacial score (nSPS) is 10.7. The number of para-hydroxylation sites is 1. The molecule has 0 radical (unpaired) electrons. The summed E-state index contributed by atoms with van der Waals surface area (Å²) in [6, 6.07) is 25.0. The molecule has 0 fully saturated rings. The van der Waals surface area contributed by atoms with Crippen LogP contribution in [0.1, 0.15) is 0 Å². The molecule has 0 bridgehead atoms. The fourth-order valence-electron chi connectivity index (χ4n) is 2.87. The lowest BCUT2D eigenvalue weighted by atomic mass is 10.2. The van der Waals surface area contributed by atoms with Crippen LogP contribution in [-0.2, 0) is 7.05 Å². The van der Waals surface area contributed by atoms with Crippen LogP contribution in [0.3, 0.4) is 0 Å². The van der Waals surface area contributed by atoms with Gasteiger partial charge >= 0.3 is 0 Å². The lowest BCUT2D eigenvalue weighted by molar-refractivity contribution is 0.483. The van der Waals surface area contributed by atoms with Gasteiger partial charge < -0.3 is 4.74 Å². The van der Waals surface area contributed by atoms with Crippen molar-refractivity contribution in [3.63, 3.8) is 0 Å². The molecule has 1 heterocycles. The average Bonchev–Trinajstić information content (AvgIpc) is 2.97. The topological polar surface area (TPSA) is 32.0 Å². The van der Waals surface area contributed by atoms with E-state index in [4.69, 9.17) is 28.6 Å². The van der Waals surface area contributed by atoms with Crippen molar-refractivity contribution in [2.75, 3.05) is 0 Å². The van der Waals surface area contributed by atoms with Crippen LogP contribution in [0.4, 0.5) is 0 Å². The van der Waals surface area contributed by atoms with Crippen LogP contribution in [0.2, 0.25) is 5.02 Å². The molecule has 0 aliphatic carbocycles. The van der Waals surface area contributed by atoms with Gasteiger partial charge in [-0.25, -0.2) is 4.68 Å². The van der Waals surface area contributed by atoms with E-state index in [-0.39, 0.29) is 0 Å². The molecule has 4 aromatic rings. The van der Waals surface area contributed by atoms with Gasteiger partial charge in [-0.05, 0) is 66.8 Å². The van der Waals surface area contributed by atoms with E-state index in [0.717, 1.165) is 28.6 Å². The molecule has 0 unspecified atom stereocenters. The molecule has 0 aliphatic heterocycles. The Morgan fingerprint density at radius 3 is 2.30 bits per heavy atom. The van der Waals surface area contributed by atoms with Gasteiger partial charge in [-0.3, -0.25) is 4.68 Å². The first-order chi connectivity index (χ1) is 13.1. The highest BCUT2D eigenvalue weighted by Gasteiger charge is 2.12. The Balaban J connectivity index is 1.66. The number of halogens is 1. The molecule has 0 amide bonds. The molecule has 0 spiro atoms. The van der Waals surface area contributed by atoms with Gasteiger partial charge in [-0.2, -0.15) is 4.98 Å². The number of ether oxygens (including phenoxy) is 1. The van der Waals surface area contributed by atoms with E-state index in [2.05, 4.69) is 4.98 Å². The molecule has 27 heavy (non-hydrogen) atoms. The summed E-state index contributed by atoms with van der Waals surface area (Å²) in [5.74, 6) is 2.33. The molecule has 0 saturated carbocycles. The van der Waals surface area contributed by atoms with E-state index in [1.165, 1.54) is 0 Å². The first-order valence-corrected chi connectivity index (χ1v) is 9.16. The van der Waals surface area contributed by atoms with Gasteiger partial charge in [0.1, 0.15) is 11.5 Å². The number of benzene rings is 3. The minimum atomic E-state index is 0.472. The highest BCUT2D eigenvalue weighted by Crippen LogP contribution is 2.26. The predicted octanol–water partition coefficient (Wildman–Crippen LogP) is 6.05. The number of hydrogen-bond acceptors (Lipinski definition) is 3. The first-order valence-electron chi connectivity index (χ1n) is 8.37. The van der Waals surface area contributed by atoms with E-state index < -0.39 is 0 Å². The maximum absolute atomic E-state index is 6.12.